The molecule has 1 aromatic heterocycles. The number of hydrogen-bond donors (Lipinski definition) is 2. The third-order valence-electron chi connectivity index (χ3n) is 3.79. The average Bonchev–Trinajstić information content (AvgIpc) is 2.74. The van der Waals surface area contributed by atoms with Crippen molar-refractivity contribution in [3.8, 4) is 17.2 Å². The van der Waals surface area contributed by atoms with Crippen molar-refractivity contribution in [2.75, 3.05) is 32.9 Å². The zero-order valence-corrected chi connectivity index (χ0v) is 17.0. The second-order valence-electron chi connectivity index (χ2n) is 5.85. The van der Waals surface area contributed by atoms with E-state index in [4.69, 9.17) is 14.2 Å². The molecule has 0 bridgehead atoms. The van der Waals surface area contributed by atoms with Gasteiger partial charge in [-0.2, -0.15) is 0 Å². The maximum absolute atomic E-state index is 12.6. The summed E-state index contributed by atoms with van der Waals surface area (Å²) in [7, 11) is 0. The summed E-state index contributed by atoms with van der Waals surface area (Å²) in [4.78, 5) is 28.4. The number of carbonyl (C=O) groups is 2. The van der Waals surface area contributed by atoms with E-state index in [2.05, 4.69) is 15.6 Å². The van der Waals surface area contributed by atoms with Gasteiger partial charge in [0, 0.05) is 31.0 Å². The van der Waals surface area contributed by atoms with Crippen LogP contribution in [-0.4, -0.2) is 49.7 Å². The van der Waals surface area contributed by atoms with Crippen molar-refractivity contribution in [2.45, 2.75) is 20.8 Å². The molecule has 2 amide bonds. The monoisotopic (exact) mass is 401 g/mol. The van der Waals surface area contributed by atoms with Gasteiger partial charge in [-0.15, -0.1) is 0 Å². The summed E-state index contributed by atoms with van der Waals surface area (Å²) in [5.41, 5.74) is 0.854. The van der Waals surface area contributed by atoms with Crippen molar-refractivity contribution in [3.63, 3.8) is 0 Å². The van der Waals surface area contributed by atoms with Crippen LogP contribution in [0.3, 0.4) is 0 Å². The summed E-state index contributed by atoms with van der Waals surface area (Å²) < 4.78 is 16.9. The van der Waals surface area contributed by atoms with E-state index in [0.29, 0.717) is 48.2 Å². The predicted molar refractivity (Wildman–Crippen MR) is 109 cm³/mol. The first kappa shape index (κ1) is 22.0. The number of ether oxygens (including phenoxy) is 3. The number of hydrogen-bond acceptors (Lipinski definition) is 6. The van der Waals surface area contributed by atoms with E-state index in [1.807, 2.05) is 20.8 Å². The summed E-state index contributed by atoms with van der Waals surface area (Å²) in [5.74, 6) is 0.846. The molecule has 0 saturated carbocycles. The third-order valence-corrected chi connectivity index (χ3v) is 3.79. The molecule has 8 nitrogen and oxygen atoms in total. The minimum atomic E-state index is -0.300. The highest BCUT2D eigenvalue weighted by atomic mass is 16.5. The van der Waals surface area contributed by atoms with E-state index in [0.717, 1.165) is 0 Å². The number of benzene rings is 1. The first-order valence-electron chi connectivity index (χ1n) is 9.63. The zero-order chi connectivity index (χ0) is 21.1. The Hall–Kier alpha value is -3.29. The van der Waals surface area contributed by atoms with Crippen molar-refractivity contribution in [3.05, 3.63) is 47.8 Å². The summed E-state index contributed by atoms with van der Waals surface area (Å²) in [5, 5.41) is 5.51. The molecule has 0 aliphatic carbocycles. The van der Waals surface area contributed by atoms with Gasteiger partial charge in [0.05, 0.1) is 25.4 Å². The lowest BCUT2D eigenvalue weighted by Crippen LogP contribution is -2.34. The molecule has 0 atom stereocenters. The number of amides is 2. The molecule has 2 rings (SSSR count). The summed E-state index contributed by atoms with van der Waals surface area (Å²) in [6.07, 6.45) is 3.08. The van der Waals surface area contributed by atoms with E-state index in [1.165, 1.54) is 6.20 Å². The second-order valence-corrected chi connectivity index (χ2v) is 5.85. The Kier molecular flexibility index (Phi) is 8.75. The van der Waals surface area contributed by atoms with Crippen molar-refractivity contribution in [1.82, 2.24) is 15.6 Å². The molecule has 2 aromatic rings. The van der Waals surface area contributed by atoms with Crippen molar-refractivity contribution >= 4 is 11.8 Å². The molecule has 0 fully saturated rings. The topological polar surface area (TPSA) is 98.8 Å². The van der Waals surface area contributed by atoms with Crippen molar-refractivity contribution in [2.24, 2.45) is 0 Å². The fourth-order valence-corrected chi connectivity index (χ4v) is 2.57. The lowest BCUT2D eigenvalue weighted by atomic mass is 10.1. The van der Waals surface area contributed by atoms with Gasteiger partial charge in [0.2, 0.25) is 5.75 Å². The largest absolute Gasteiger partial charge is 0.490 e. The molecule has 156 valence electrons. The molecular weight excluding hydrogens is 374 g/mol. The van der Waals surface area contributed by atoms with E-state index in [1.54, 1.807) is 30.5 Å². The van der Waals surface area contributed by atoms with E-state index in [-0.39, 0.29) is 24.9 Å². The van der Waals surface area contributed by atoms with Crippen LogP contribution < -0.4 is 24.8 Å². The molecule has 29 heavy (non-hydrogen) atoms. The van der Waals surface area contributed by atoms with Crippen molar-refractivity contribution in [1.29, 1.82) is 0 Å². The standard InChI is InChI=1S/C21H27N3O5/c1-4-27-17-12-16(13-18(28-5-2)19(17)29-6-3)21(26)24-11-10-23-20(25)15-8-7-9-22-14-15/h7-9,12-14H,4-6,10-11H2,1-3H3,(H,23,25)(H,24,26). The number of nitrogens with one attached hydrogen (secondary N) is 2. The van der Waals surface area contributed by atoms with Crippen LogP contribution in [0.2, 0.25) is 0 Å². The molecule has 8 heteroatoms. The molecule has 0 aliphatic rings. The van der Waals surface area contributed by atoms with Crippen LogP contribution in [0.4, 0.5) is 0 Å². The first-order chi connectivity index (χ1) is 14.1. The summed E-state index contributed by atoms with van der Waals surface area (Å²) in [6, 6.07) is 6.61. The maximum atomic E-state index is 12.6. The molecule has 0 aliphatic heterocycles. The Morgan fingerprint density at radius 2 is 1.41 bits per heavy atom. The number of aromatic nitrogens is 1. The molecule has 0 saturated heterocycles. The van der Waals surface area contributed by atoms with Crippen LogP contribution in [0.25, 0.3) is 0 Å². The van der Waals surface area contributed by atoms with Gasteiger partial charge in [0.1, 0.15) is 0 Å². The Balaban J connectivity index is 2.01. The third kappa shape index (κ3) is 6.38. The van der Waals surface area contributed by atoms with E-state index in [9.17, 15) is 9.59 Å². The zero-order valence-electron chi connectivity index (χ0n) is 17.0. The van der Waals surface area contributed by atoms with Crippen LogP contribution in [0.1, 0.15) is 41.5 Å². The van der Waals surface area contributed by atoms with Gasteiger partial charge in [0.25, 0.3) is 11.8 Å². The van der Waals surface area contributed by atoms with Gasteiger partial charge < -0.3 is 24.8 Å². The highest BCUT2D eigenvalue weighted by molar-refractivity contribution is 5.96. The summed E-state index contributed by atoms with van der Waals surface area (Å²) in [6.45, 7) is 7.43. The molecule has 1 aromatic carbocycles. The SMILES string of the molecule is CCOc1cc(C(=O)NCCNC(=O)c2cccnc2)cc(OCC)c1OCC. The van der Waals surface area contributed by atoms with Crippen LogP contribution in [0.15, 0.2) is 36.7 Å². The van der Waals surface area contributed by atoms with E-state index < -0.39 is 0 Å². The fourth-order valence-electron chi connectivity index (χ4n) is 2.57. The number of pyridine rings is 1. The highest BCUT2D eigenvalue weighted by Crippen LogP contribution is 2.39. The summed E-state index contributed by atoms with van der Waals surface area (Å²) >= 11 is 0. The van der Waals surface area contributed by atoms with Crippen LogP contribution in [0.5, 0.6) is 17.2 Å². The first-order valence-corrected chi connectivity index (χ1v) is 9.63. The van der Waals surface area contributed by atoms with Crippen molar-refractivity contribution < 1.29 is 23.8 Å². The quantitative estimate of drug-likeness (QED) is 0.561. The molecular formula is C21H27N3O5. The van der Waals surface area contributed by atoms with Gasteiger partial charge >= 0.3 is 0 Å². The number of rotatable bonds is 11. The Morgan fingerprint density at radius 1 is 0.862 bits per heavy atom. The highest BCUT2D eigenvalue weighted by Gasteiger charge is 2.18. The van der Waals surface area contributed by atoms with E-state index >= 15 is 0 Å². The Morgan fingerprint density at radius 3 is 1.90 bits per heavy atom. The van der Waals surface area contributed by atoms with Crippen LogP contribution in [-0.2, 0) is 0 Å². The van der Waals surface area contributed by atoms with Crippen LogP contribution in [0, 0.1) is 0 Å². The van der Waals surface area contributed by atoms with Gasteiger partial charge in [-0.1, -0.05) is 0 Å². The Bertz CT molecular complexity index is 784. The van der Waals surface area contributed by atoms with Crippen LogP contribution >= 0.6 is 0 Å². The second kappa shape index (κ2) is 11.5. The molecule has 0 radical (unpaired) electrons. The molecule has 2 N–H and O–H groups in total. The predicted octanol–water partition coefficient (Wildman–Crippen LogP) is 2.44. The normalized spacial score (nSPS) is 10.2. The lowest BCUT2D eigenvalue weighted by Gasteiger charge is -2.17. The lowest BCUT2D eigenvalue weighted by molar-refractivity contribution is 0.0927. The number of nitrogens with zero attached hydrogens (tertiary/aromatic N) is 1. The maximum Gasteiger partial charge on any atom is 0.252 e. The number of carbonyl (C=O) groups excluding carboxylic acids is 2. The average molecular weight is 401 g/mol. The fraction of sp³-hybridized carbons (Fsp3) is 0.381. The van der Waals surface area contributed by atoms with Gasteiger partial charge in [-0.25, -0.2) is 0 Å². The molecule has 1 heterocycles. The Labute approximate surface area is 170 Å². The minimum absolute atomic E-state index is 0.245. The molecule has 0 unspecified atom stereocenters. The van der Waals surface area contributed by atoms with Gasteiger partial charge in [0.15, 0.2) is 11.5 Å². The molecule has 0 spiro atoms. The van der Waals surface area contributed by atoms with Gasteiger partial charge in [-0.3, -0.25) is 14.6 Å². The van der Waals surface area contributed by atoms with Gasteiger partial charge in [-0.05, 0) is 45.0 Å². The smallest absolute Gasteiger partial charge is 0.252 e. The minimum Gasteiger partial charge on any atom is -0.490 e.